The Hall–Kier alpha value is -3.27. The SMILES string of the molecule is CCOc1ccc(-c2ccc(C(=O)Nc3ccc(NC)cc3)cc2)cc1. The molecule has 26 heavy (non-hydrogen) atoms. The minimum Gasteiger partial charge on any atom is -0.494 e. The third kappa shape index (κ3) is 4.22. The second-order valence-electron chi connectivity index (χ2n) is 5.82. The van der Waals surface area contributed by atoms with Crippen molar-refractivity contribution in [3.8, 4) is 16.9 Å². The Bertz CT molecular complexity index is 854. The van der Waals surface area contributed by atoms with Gasteiger partial charge in [-0.1, -0.05) is 24.3 Å². The predicted octanol–water partition coefficient (Wildman–Crippen LogP) is 5.05. The molecule has 4 nitrogen and oxygen atoms in total. The standard InChI is InChI=1S/C22H22N2O2/c1-3-26-21-14-8-17(9-15-21)16-4-6-18(7-5-16)22(25)24-20-12-10-19(23-2)11-13-20/h4-15,23H,3H2,1-2H3,(H,24,25). The Balaban J connectivity index is 1.68. The zero-order chi connectivity index (χ0) is 18.4. The topological polar surface area (TPSA) is 50.4 Å². The summed E-state index contributed by atoms with van der Waals surface area (Å²) in [6.07, 6.45) is 0. The Labute approximate surface area is 153 Å². The third-order valence-corrected chi connectivity index (χ3v) is 4.08. The van der Waals surface area contributed by atoms with Crippen molar-refractivity contribution in [2.75, 3.05) is 24.3 Å². The molecule has 132 valence electrons. The maximum Gasteiger partial charge on any atom is 0.255 e. The van der Waals surface area contributed by atoms with E-state index in [9.17, 15) is 4.79 Å². The Morgan fingerprint density at radius 3 is 1.88 bits per heavy atom. The van der Waals surface area contributed by atoms with Gasteiger partial charge < -0.3 is 15.4 Å². The van der Waals surface area contributed by atoms with E-state index in [1.807, 2.05) is 86.8 Å². The maximum atomic E-state index is 12.4. The summed E-state index contributed by atoms with van der Waals surface area (Å²) >= 11 is 0. The molecule has 0 aliphatic rings. The van der Waals surface area contributed by atoms with Crippen LogP contribution in [0.25, 0.3) is 11.1 Å². The molecule has 0 saturated heterocycles. The van der Waals surface area contributed by atoms with Gasteiger partial charge in [-0.25, -0.2) is 0 Å². The van der Waals surface area contributed by atoms with Gasteiger partial charge in [-0.15, -0.1) is 0 Å². The van der Waals surface area contributed by atoms with E-state index in [-0.39, 0.29) is 5.91 Å². The summed E-state index contributed by atoms with van der Waals surface area (Å²) in [5, 5.41) is 5.96. The number of nitrogens with one attached hydrogen (secondary N) is 2. The van der Waals surface area contributed by atoms with Crippen molar-refractivity contribution in [2.24, 2.45) is 0 Å². The van der Waals surface area contributed by atoms with Crippen molar-refractivity contribution in [3.63, 3.8) is 0 Å². The van der Waals surface area contributed by atoms with E-state index in [0.29, 0.717) is 12.2 Å². The zero-order valence-corrected chi connectivity index (χ0v) is 15.0. The molecule has 0 heterocycles. The maximum absolute atomic E-state index is 12.4. The molecule has 0 aromatic heterocycles. The highest BCUT2D eigenvalue weighted by Gasteiger charge is 2.07. The second-order valence-corrected chi connectivity index (χ2v) is 5.82. The first-order chi connectivity index (χ1) is 12.7. The Morgan fingerprint density at radius 1 is 0.808 bits per heavy atom. The summed E-state index contributed by atoms with van der Waals surface area (Å²) in [6.45, 7) is 2.62. The molecule has 2 N–H and O–H groups in total. The summed E-state index contributed by atoms with van der Waals surface area (Å²) < 4.78 is 5.46. The van der Waals surface area contributed by atoms with E-state index in [2.05, 4.69) is 10.6 Å². The first-order valence-electron chi connectivity index (χ1n) is 8.62. The van der Waals surface area contributed by atoms with Crippen LogP contribution in [0.4, 0.5) is 11.4 Å². The van der Waals surface area contributed by atoms with Gasteiger partial charge in [-0.3, -0.25) is 4.79 Å². The van der Waals surface area contributed by atoms with Crippen LogP contribution in [0.15, 0.2) is 72.8 Å². The molecule has 3 aromatic rings. The third-order valence-electron chi connectivity index (χ3n) is 4.08. The van der Waals surface area contributed by atoms with Gasteiger partial charge in [0.2, 0.25) is 0 Å². The van der Waals surface area contributed by atoms with Crippen molar-refractivity contribution >= 4 is 17.3 Å². The van der Waals surface area contributed by atoms with Crippen LogP contribution in [0, 0.1) is 0 Å². The molecular weight excluding hydrogens is 324 g/mol. The van der Waals surface area contributed by atoms with Gasteiger partial charge in [0.25, 0.3) is 5.91 Å². The second kappa shape index (κ2) is 8.21. The van der Waals surface area contributed by atoms with Crippen molar-refractivity contribution in [1.29, 1.82) is 0 Å². The lowest BCUT2D eigenvalue weighted by Gasteiger charge is -2.08. The largest absolute Gasteiger partial charge is 0.494 e. The van der Waals surface area contributed by atoms with Gasteiger partial charge in [-0.05, 0) is 66.6 Å². The zero-order valence-electron chi connectivity index (χ0n) is 15.0. The lowest BCUT2D eigenvalue weighted by atomic mass is 10.0. The lowest BCUT2D eigenvalue weighted by Crippen LogP contribution is -2.11. The van der Waals surface area contributed by atoms with Crippen LogP contribution >= 0.6 is 0 Å². The summed E-state index contributed by atoms with van der Waals surface area (Å²) in [6, 6.07) is 23.1. The van der Waals surface area contributed by atoms with Crippen molar-refractivity contribution < 1.29 is 9.53 Å². The molecule has 1 amide bonds. The van der Waals surface area contributed by atoms with Crippen LogP contribution < -0.4 is 15.4 Å². The van der Waals surface area contributed by atoms with E-state index in [0.717, 1.165) is 28.3 Å². The minimum absolute atomic E-state index is 0.125. The van der Waals surface area contributed by atoms with Gasteiger partial charge in [0.05, 0.1) is 6.61 Å². The summed E-state index contributed by atoms with van der Waals surface area (Å²) in [7, 11) is 1.86. The first-order valence-corrected chi connectivity index (χ1v) is 8.62. The van der Waals surface area contributed by atoms with E-state index in [1.54, 1.807) is 0 Å². The van der Waals surface area contributed by atoms with Crippen molar-refractivity contribution in [2.45, 2.75) is 6.92 Å². The quantitative estimate of drug-likeness (QED) is 0.657. The molecule has 4 heteroatoms. The fourth-order valence-corrected chi connectivity index (χ4v) is 2.65. The van der Waals surface area contributed by atoms with E-state index >= 15 is 0 Å². The number of carbonyl (C=O) groups excluding carboxylic acids is 1. The number of hydrogen-bond acceptors (Lipinski definition) is 3. The van der Waals surface area contributed by atoms with Crippen molar-refractivity contribution in [1.82, 2.24) is 0 Å². The number of rotatable bonds is 6. The van der Waals surface area contributed by atoms with Gasteiger partial charge in [0.15, 0.2) is 0 Å². The minimum atomic E-state index is -0.125. The molecule has 3 aromatic carbocycles. The number of carbonyl (C=O) groups is 1. The highest BCUT2D eigenvalue weighted by molar-refractivity contribution is 6.04. The monoisotopic (exact) mass is 346 g/mol. The first kappa shape index (κ1) is 17.5. The smallest absolute Gasteiger partial charge is 0.255 e. The summed E-state index contributed by atoms with van der Waals surface area (Å²) in [4.78, 5) is 12.4. The Morgan fingerprint density at radius 2 is 1.35 bits per heavy atom. The molecule has 0 unspecified atom stereocenters. The Kier molecular flexibility index (Phi) is 5.54. The summed E-state index contributed by atoms with van der Waals surface area (Å²) in [5.74, 6) is 0.733. The predicted molar refractivity (Wildman–Crippen MR) is 107 cm³/mol. The molecule has 0 atom stereocenters. The fraction of sp³-hybridized carbons (Fsp3) is 0.136. The average molecular weight is 346 g/mol. The molecule has 0 aliphatic heterocycles. The molecule has 0 spiro atoms. The highest BCUT2D eigenvalue weighted by Crippen LogP contribution is 2.23. The van der Waals surface area contributed by atoms with Gasteiger partial charge in [-0.2, -0.15) is 0 Å². The van der Waals surface area contributed by atoms with Crippen LogP contribution in [-0.4, -0.2) is 19.6 Å². The van der Waals surface area contributed by atoms with Crippen LogP contribution in [0.2, 0.25) is 0 Å². The van der Waals surface area contributed by atoms with E-state index in [4.69, 9.17) is 4.74 Å². The van der Waals surface area contributed by atoms with E-state index in [1.165, 1.54) is 0 Å². The highest BCUT2D eigenvalue weighted by atomic mass is 16.5. The normalized spacial score (nSPS) is 10.2. The van der Waals surface area contributed by atoms with E-state index < -0.39 is 0 Å². The van der Waals surface area contributed by atoms with Gasteiger partial charge in [0, 0.05) is 24.0 Å². The number of ether oxygens (including phenoxy) is 1. The molecule has 0 aliphatic carbocycles. The van der Waals surface area contributed by atoms with Crippen molar-refractivity contribution in [3.05, 3.63) is 78.4 Å². The molecule has 0 saturated carbocycles. The molecule has 0 bridgehead atoms. The van der Waals surface area contributed by atoms with Crippen LogP contribution in [-0.2, 0) is 0 Å². The number of amides is 1. The van der Waals surface area contributed by atoms with Crippen LogP contribution in [0.5, 0.6) is 5.75 Å². The molecule has 3 rings (SSSR count). The lowest BCUT2D eigenvalue weighted by molar-refractivity contribution is 0.102. The van der Waals surface area contributed by atoms with Gasteiger partial charge >= 0.3 is 0 Å². The molecule has 0 fully saturated rings. The fourth-order valence-electron chi connectivity index (χ4n) is 2.65. The van der Waals surface area contributed by atoms with Crippen LogP contribution in [0.3, 0.4) is 0 Å². The molecular formula is C22H22N2O2. The number of hydrogen-bond donors (Lipinski definition) is 2. The van der Waals surface area contributed by atoms with Crippen LogP contribution in [0.1, 0.15) is 17.3 Å². The number of anilines is 2. The average Bonchev–Trinajstić information content (AvgIpc) is 2.69. The summed E-state index contributed by atoms with van der Waals surface area (Å²) in [5.41, 5.74) is 4.54. The number of benzene rings is 3. The molecule has 0 radical (unpaired) electrons. The van der Waals surface area contributed by atoms with Gasteiger partial charge in [0.1, 0.15) is 5.75 Å².